The quantitative estimate of drug-likeness (QED) is 0.730. The van der Waals surface area contributed by atoms with Gasteiger partial charge in [0.1, 0.15) is 11.9 Å². The molecule has 1 saturated heterocycles. The van der Waals surface area contributed by atoms with Gasteiger partial charge in [-0.3, -0.25) is 4.79 Å². The number of rotatable bonds is 6. The molecular formula is C18H25FN2O3. The Kier molecular flexibility index (Phi) is 5.48. The van der Waals surface area contributed by atoms with E-state index in [2.05, 4.69) is 10.2 Å². The predicted octanol–water partition coefficient (Wildman–Crippen LogP) is 1.21. The summed E-state index contributed by atoms with van der Waals surface area (Å²) >= 11 is 0. The Balaban J connectivity index is 1.44. The molecule has 2 atom stereocenters. The molecule has 3 rings (SSSR count). The van der Waals surface area contributed by atoms with E-state index in [0.717, 1.165) is 38.8 Å². The number of aliphatic hydroxyl groups is 2. The van der Waals surface area contributed by atoms with Gasteiger partial charge in [0.05, 0.1) is 6.10 Å². The van der Waals surface area contributed by atoms with Gasteiger partial charge in [-0.2, -0.15) is 0 Å². The smallest absolute Gasteiger partial charge is 0.249 e. The fourth-order valence-electron chi connectivity index (χ4n) is 3.21. The molecule has 1 saturated carbocycles. The fourth-order valence-corrected chi connectivity index (χ4v) is 3.21. The van der Waals surface area contributed by atoms with Crippen LogP contribution in [-0.2, 0) is 4.79 Å². The molecule has 1 aliphatic carbocycles. The van der Waals surface area contributed by atoms with Crippen LogP contribution in [-0.4, -0.2) is 52.8 Å². The highest BCUT2D eigenvalue weighted by Crippen LogP contribution is 2.25. The minimum Gasteiger partial charge on any atom is -0.387 e. The molecule has 2 unspecified atom stereocenters. The lowest BCUT2D eigenvalue weighted by atomic mass is 9.90. The number of likely N-dealkylation sites (tertiary alicyclic amines) is 1. The van der Waals surface area contributed by atoms with Crippen molar-refractivity contribution in [1.82, 2.24) is 10.2 Å². The van der Waals surface area contributed by atoms with E-state index in [4.69, 9.17) is 0 Å². The zero-order chi connectivity index (χ0) is 17.1. The van der Waals surface area contributed by atoms with Crippen molar-refractivity contribution in [2.45, 2.75) is 43.9 Å². The minimum absolute atomic E-state index is 0.0250. The summed E-state index contributed by atoms with van der Waals surface area (Å²) in [5.74, 6) is -0.588. The van der Waals surface area contributed by atoms with E-state index in [1.807, 2.05) is 0 Å². The zero-order valence-corrected chi connectivity index (χ0v) is 13.7. The highest BCUT2D eigenvalue weighted by atomic mass is 19.1. The highest BCUT2D eigenvalue weighted by molar-refractivity contribution is 5.81. The van der Waals surface area contributed by atoms with Crippen molar-refractivity contribution in [3.63, 3.8) is 0 Å². The molecule has 0 bridgehead atoms. The summed E-state index contributed by atoms with van der Waals surface area (Å²) in [6.45, 7) is 1.94. The Hall–Kier alpha value is -1.50. The van der Waals surface area contributed by atoms with Gasteiger partial charge in [0, 0.05) is 12.6 Å². The van der Waals surface area contributed by atoms with E-state index in [-0.39, 0.29) is 23.7 Å². The lowest BCUT2D eigenvalue weighted by Crippen LogP contribution is -2.45. The van der Waals surface area contributed by atoms with Crippen molar-refractivity contribution in [3.8, 4) is 0 Å². The van der Waals surface area contributed by atoms with E-state index in [0.29, 0.717) is 12.1 Å². The number of nitrogens with one attached hydrogen (secondary N) is 1. The molecule has 1 heterocycles. The van der Waals surface area contributed by atoms with Crippen molar-refractivity contribution in [1.29, 1.82) is 0 Å². The van der Waals surface area contributed by atoms with Crippen LogP contribution in [0.15, 0.2) is 24.3 Å². The third-order valence-corrected chi connectivity index (χ3v) is 4.96. The van der Waals surface area contributed by atoms with Crippen LogP contribution < -0.4 is 5.32 Å². The molecule has 2 fully saturated rings. The number of piperidine rings is 1. The van der Waals surface area contributed by atoms with Crippen LogP contribution in [0.4, 0.5) is 4.39 Å². The average molecular weight is 336 g/mol. The first-order chi connectivity index (χ1) is 11.5. The molecule has 1 aliphatic heterocycles. The van der Waals surface area contributed by atoms with Gasteiger partial charge in [-0.25, -0.2) is 4.39 Å². The van der Waals surface area contributed by atoms with E-state index < -0.39 is 12.2 Å². The van der Waals surface area contributed by atoms with Crippen molar-refractivity contribution >= 4 is 5.91 Å². The first-order valence-corrected chi connectivity index (χ1v) is 8.67. The van der Waals surface area contributed by atoms with Crippen molar-refractivity contribution in [2.75, 3.05) is 19.6 Å². The number of carbonyl (C=O) groups is 1. The third kappa shape index (κ3) is 4.53. The summed E-state index contributed by atoms with van der Waals surface area (Å²) in [5.41, 5.74) is 0.697. The number of β-amino-alcohol motifs (C(OH)–C–C–N with tert-alkyl or cyclic N) is 1. The van der Waals surface area contributed by atoms with E-state index in [1.165, 1.54) is 12.1 Å². The number of benzene rings is 1. The second kappa shape index (κ2) is 7.59. The van der Waals surface area contributed by atoms with Crippen LogP contribution in [0.5, 0.6) is 0 Å². The molecule has 1 amide bonds. The number of amides is 1. The second-order valence-corrected chi connectivity index (χ2v) is 6.93. The maximum atomic E-state index is 12.9. The first kappa shape index (κ1) is 17.3. The Morgan fingerprint density at radius 1 is 1.17 bits per heavy atom. The first-order valence-electron chi connectivity index (χ1n) is 8.67. The summed E-state index contributed by atoms with van der Waals surface area (Å²) in [6.07, 6.45) is 1.89. The molecule has 1 aromatic carbocycles. The number of hydrogen-bond acceptors (Lipinski definition) is 4. The van der Waals surface area contributed by atoms with Crippen molar-refractivity contribution < 1.29 is 19.4 Å². The van der Waals surface area contributed by atoms with Gasteiger partial charge in [-0.05, 0) is 62.4 Å². The monoisotopic (exact) mass is 336 g/mol. The third-order valence-electron chi connectivity index (χ3n) is 4.96. The molecule has 6 heteroatoms. The number of carbonyl (C=O) groups excluding carboxylic acids is 1. The molecule has 1 aromatic rings. The summed E-state index contributed by atoms with van der Waals surface area (Å²) in [6, 6.07) is 6.15. The van der Waals surface area contributed by atoms with Crippen LogP contribution in [0.3, 0.4) is 0 Å². The number of aliphatic hydroxyl groups excluding tert-OH is 2. The summed E-state index contributed by atoms with van der Waals surface area (Å²) in [7, 11) is 0. The van der Waals surface area contributed by atoms with Gasteiger partial charge in [0.2, 0.25) is 5.91 Å². The van der Waals surface area contributed by atoms with Gasteiger partial charge in [0.25, 0.3) is 0 Å². The largest absolute Gasteiger partial charge is 0.387 e. The topological polar surface area (TPSA) is 72.8 Å². The van der Waals surface area contributed by atoms with Crippen molar-refractivity contribution in [2.24, 2.45) is 5.92 Å². The van der Waals surface area contributed by atoms with Crippen LogP contribution in [0.25, 0.3) is 0 Å². The molecule has 0 aromatic heterocycles. The maximum absolute atomic E-state index is 12.9. The Bertz CT molecular complexity index is 554. The van der Waals surface area contributed by atoms with Gasteiger partial charge >= 0.3 is 0 Å². The lowest BCUT2D eigenvalue weighted by Gasteiger charge is -2.34. The summed E-state index contributed by atoms with van der Waals surface area (Å²) in [5, 5.41) is 23.3. The molecule has 132 valence electrons. The minimum atomic E-state index is -0.935. The Labute approximate surface area is 141 Å². The molecule has 3 N–H and O–H groups in total. The maximum Gasteiger partial charge on any atom is 0.249 e. The lowest BCUT2D eigenvalue weighted by molar-refractivity contribution is -0.133. The van der Waals surface area contributed by atoms with Crippen LogP contribution in [0.2, 0.25) is 0 Å². The van der Waals surface area contributed by atoms with Crippen LogP contribution in [0, 0.1) is 11.7 Å². The zero-order valence-electron chi connectivity index (χ0n) is 13.7. The Morgan fingerprint density at radius 2 is 1.79 bits per heavy atom. The van der Waals surface area contributed by atoms with E-state index in [1.54, 1.807) is 12.1 Å². The Morgan fingerprint density at radius 3 is 2.38 bits per heavy atom. The second-order valence-electron chi connectivity index (χ2n) is 6.93. The highest BCUT2D eigenvalue weighted by Gasteiger charge is 2.33. The number of nitrogens with zero attached hydrogens (tertiary/aromatic N) is 1. The SMILES string of the molecule is O=C(NC1CC1)C(O)C1CCN(CC(O)c2ccc(F)cc2)CC1. The van der Waals surface area contributed by atoms with Gasteiger partial charge < -0.3 is 20.4 Å². The van der Waals surface area contributed by atoms with Gasteiger partial charge in [-0.15, -0.1) is 0 Å². The molecule has 2 aliphatic rings. The fraction of sp³-hybridized carbons (Fsp3) is 0.611. The van der Waals surface area contributed by atoms with Crippen LogP contribution in [0.1, 0.15) is 37.4 Å². The summed E-state index contributed by atoms with van der Waals surface area (Å²) < 4.78 is 12.9. The van der Waals surface area contributed by atoms with Crippen molar-refractivity contribution in [3.05, 3.63) is 35.6 Å². The molecular weight excluding hydrogens is 311 g/mol. The average Bonchev–Trinajstić information content (AvgIpc) is 3.39. The normalized spacial score (nSPS) is 22.1. The molecule has 5 nitrogen and oxygen atoms in total. The molecule has 0 spiro atoms. The summed E-state index contributed by atoms with van der Waals surface area (Å²) in [4.78, 5) is 14.0. The molecule has 24 heavy (non-hydrogen) atoms. The van der Waals surface area contributed by atoms with Gasteiger partial charge in [-0.1, -0.05) is 12.1 Å². The van der Waals surface area contributed by atoms with E-state index >= 15 is 0 Å². The number of halogens is 1. The van der Waals surface area contributed by atoms with E-state index in [9.17, 15) is 19.4 Å². The van der Waals surface area contributed by atoms with Crippen LogP contribution >= 0.6 is 0 Å². The molecule has 0 radical (unpaired) electrons. The number of hydrogen-bond donors (Lipinski definition) is 3. The predicted molar refractivity (Wildman–Crippen MR) is 87.7 cm³/mol. The van der Waals surface area contributed by atoms with Gasteiger partial charge in [0.15, 0.2) is 0 Å². The standard InChI is InChI=1S/C18H25FN2O3/c19-14-3-1-12(2-4-14)16(22)11-21-9-7-13(8-10-21)17(23)18(24)20-15-5-6-15/h1-4,13,15-17,22-23H,5-11H2,(H,20,24).